The third-order valence-electron chi connectivity index (χ3n) is 4.45. The fourth-order valence-electron chi connectivity index (χ4n) is 3.34. The van der Waals surface area contributed by atoms with Gasteiger partial charge in [0.2, 0.25) is 5.91 Å². The molecule has 1 saturated carbocycles. The van der Waals surface area contributed by atoms with Crippen molar-refractivity contribution in [3.63, 3.8) is 0 Å². The fourth-order valence-corrected chi connectivity index (χ4v) is 3.34. The zero-order valence-corrected chi connectivity index (χ0v) is 13.4. The van der Waals surface area contributed by atoms with Gasteiger partial charge in [-0.05, 0) is 48.3 Å². The van der Waals surface area contributed by atoms with Crippen molar-refractivity contribution >= 4 is 11.9 Å². The van der Waals surface area contributed by atoms with Crippen LogP contribution >= 0.6 is 0 Å². The monoisotopic (exact) mass is 303 g/mol. The molecule has 1 fully saturated rings. The van der Waals surface area contributed by atoms with Crippen LogP contribution in [0.15, 0.2) is 24.3 Å². The Hall–Kier alpha value is -1.84. The van der Waals surface area contributed by atoms with Gasteiger partial charge in [-0.2, -0.15) is 0 Å². The van der Waals surface area contributed by atoms with E-state index in [0.29, 0.717) is 5.92 Å². The molecule has 1 amide bonds. The van der Waals surface area contributed by atoms with Gasteiger partial charge < -0.3 is 10.4 Å². The van der Waals surface area contributed by atoms with Crippen molar-refractivity contribution in [1.82, 2.24) is 5.32 Å². The van der Waals surface area contributed by atoms with Crippen molar-refractivity contribution in [3.05, 3.63) is 35.4 Å². The minimum absolute atomic E-state index is 0.0300. The molecule has 120 valence electrons. The maximum absolute atomic E-state index is 12.1. The molecule has 0 spiro atoms. The van der Waals surface area contributed by atoms with Gasteiger partial charge in [0.1, 0.15) is 0 Å². The summed E-state index contributed by atoms with van der Waals surface area (Å²) in [5.41, 5.74) is 1.25. The van der Waals surface area contributed by atoms with Crippen LogP contribution in [0.4, 0.5) is 0 Å². The second-order valence-electron chi connectivity index (χ2n) is 6.91. The van der Waals surface area contributed by atoms with Crippen molar-refractivity contribution in [2.24, 2.45) is 11.3 Å². The van der Waals surface area contributed by atoms with Crippen molar-refractivity contribution < 1.29 is 14.7 Å². The summed E-state index contributed by atoms with van der Waals surface area (Å²) in [7, 11) is 0. The lowest BCUT2D eigenvalue weighted by atomic mass is 9.64. The minimum Gasteiger partial charge on any atom is -0.478 e. The van der Waals surface area contributed by atoms with Gasteiger partial charge >= 0.3 is 5.97 Å². The van der Waals surface area contributed by atoms with E-state index >= 15 is 0 Å². The number of hydrogen-bond donors (Lipinski definition) is 2. The Morgan fingerprint density at radius 3 is 2.59 bits per heavy atom. The molecule has 2 N–H and O–H groups in total. The van der Waals surface area contributed by atoms with Crippen molar-refractivity contribution in [1.29, 1.82) is 0 Å². The average Bonchev–Trinajstić information content (AvgIpc) is 2.41. The van der Waals surface area contributed by atoms with Crippen LogP contribution in [-0.2, 0) is 11.2 Å². The van der Waals surface area contributed by atoms with E-state index in [0.717, 1.165) is 18.5 Å². The summed E-state index contributed by atoms with van der Waals surface area (Å²) in [5, 5.41) is 12.0. The number of carbonyl (C=O) groups is 2. The number of amides is 1. The lowest BCUT2D eigenvalue weighted by Gasteiger charge is -2.43. The molecule has 0 bridgehead atoms. The average molecular weight is 303 g/mol. The van der Waals surface area contributed by atoms with E-state index in [9.17, 15) is 9.59 Å². The molecule has 4 nitrogen and oxygen atoms in total. The molecule has 2 rings (SSSR count). The molecule has 0 saturated heterocycles. The summed E-state index contributed by atoms with van der Waals surface area (Å²) >= 11 is 0. The highest BCUT2D eigenvalue weighted by Crippen LogP contribution is 2.45. The molecule has 0 atom stereocenters. The topological polar surface area (TPSA) is 66.4 Å². The molecule has 1 aromatic rings. The number of rotatable bonds is 7. The zero-order chi connectivity index (χ0) is 16.2. The van der Waals surface area contributed by atoms with E-state index in [-0.39, 0.29) is 23.3 Å². The first-order valence-corrected chi connectivity index (χ1v) is 7.99. The number of carboxylic acid groups (broad SMARTS) is 1. The molecule has 22 heavy (non-hydrogen) atoms. The van der Waals surface area contributed by atoms with Crippen molar-refractivity contribution in [3.8, 4) is 0 Å². The molecular formula is C18H25NO3. The van der Waals surface area contributed by atoms with Gasteiger partial charge in [0, 0.05) is 6.54 Å². The van der Waals surface area contributed by atoms with Crippen molar-refractivity contribution in [2.75, 3.05) is 6.54 Å². The molecule has 1 aliphatic rings. The number of benzene rings is 1. The normalized spacial score (nSPS) is 16.1. The van der Waals surface area contributed by atoms with Gasteiger partial charge in [0.05, 0.1) is 12.0 Å². The Morgan fingerprint density at radius 1 is 1.32 bits per heavy atom. The highest BCUT2D eigenvalue weighted by atomic mass is 16.4. The van der Waals surface area contributed by atoms with Crippen LogP contribution in [0.1, 0.15) is 55.5 Å². The smallest absolute Gasteiger partial charge is 0.335 e. The van der Waals surface area contributed by atoms with Crippen LogP contribution in [-0.4, -0.2) is 23.5 Å². The van der Waals surface area contributed by atoms with Crippen LogP contribution in [0.5, 0.6) is 0 Å². The first-order valence-electron chi connectivity index (χ1n) is 7.99. The number of nitrogens with one attached hydrogen (secondary N) is 1. The highest BCUT2D eigenvalue weighted by molar-refractivity contribution is 5.88. The summed E-state index contributed by atoms with van der Waals surface area (Å²) in [6.45, 7) is 5.18. The highest BCUT2D eigenvalue weighted by Gasteiger charge is 2.37. The van der Waals surface area contributed by atoms with E-state index < -0.39 is 5.97 Å². The minimum atomic E-state index is -0.965. The maximum atomic E-state index is 12.1. The lowest BCUT2D eigenvalue weighted by Crippen LogP contribution is -2.43. The molecule has 1 aliphatic carbocycles. The molecule has 0 aromatic heterocycles. The fraction of sp³-hybridized carbons (Fsp3) is 0.556. The Morgan fingerprint density at radius 2 is 2.05 bits per heavy atom. The van der Waals surface area contributed by atoms with E-state index in [1.165, 1.54) is 25.3 Å². The predicted molar refractivity (Wildman–Crippen MR) is 85.9 cm³/mol. The van der Waals surface area contributed by atoms with E-state index in [4.69, 9.17) is 5.11 Å². The summed E-state index contributed by atoms with van der Waals surface area (Å²) in [5.74, 6) is -0.352. The lowest BCUT2D eigenvalue weighted by molar-refractivity contribution is -0.121. The van der Waals surface area contributed by atoms with E-state index in [1.54, 1.807) is 18.2 Å². The summed E-state index contributed by atoms with van der Waals surface area (Å²) < 4.78 is 0. The Bertz CT molecular complexity index is 547. The molecule has 0 heterocycles. The SMILES string of the molecule is CC(C)CC1(CNC(=O)Cc2cccc(C(=O)O)c2)CCC1. The molecule has 0 radical (unpaired) electrons. The van der Waals surface area contributed by atoms with Gasteiger partial charge in [0.15, 0.2) is 0 Å². The third kappa shape index (κ3) is 4.33. The Labute approximate surface area is 131 Å². The van der Waals surface area contributed by atoms with E-state index in [2.05, 4.69) is 19.2 Å². The van der Waals surface area contributed by atoms with Gasteiger partial charge in [-0.15, -0.1) is 0 Å². The zero-order valence-electron chi connectivity index (χ0n) is 13.4. The number of carbonyl (C=O) groups excluding carboxylic acids is 1. The van der Waals surface area contributed by atoms with Gasteiger partial charge in [-0.25, -0.2) is 4.79 Å². The Balaban J connectivity index is 1.88. The van der Waals surface area contributed by atoms with Gasteiger partial charge in [-0.1, -0.05) is 32.4 Å². The van der Waals surface area contributed by atoms with Gasteiger partial charge in [0.25, 0.3) is 0 Å². The molecule has 0 aliphatic heterocycles. The molecular weight excluding hydrogens is 278 g/mol. The molecule has 0 unspecified atom stereocenters. The van der Waals surface area contributed by atoms with Crippen LogP contribution in [0.25, 0.3) is 0 Å². The second kappa shape index (κ2) is 6.95. The Kier molecular flexibility index (Phi) is 5.22. The number of aromatic carboxylic acids is 1. The second-order valence-corrected chi connectivity index (χ2v) is 6.91. The summed E-state index contributed by atoms with van der Waals surface area (Å²) in [6, 6.07) is 6.57. The standard InChI is InChI=1S/C18H25NO3/c1-13(2)11-18(7-4-8-18)12-19-16(20)10-14-5-3-6-15(9-14)17(21)22/h3,5-6,9,13H,4,7-8,10-12H2,1-2H3,(H,19,20)(H,21,22). The van der Waals surface area contributed by atoms with Gasteiger partial charge in [-0.3, -0.25) is 4.79 Å². The largest absolute Gasteiger partial charge is 0.478 e. The summed E-state index contributed by atoms with van der Waals surface area (Å²) in [4.78, 5) is 23.1. The number of hydrogen-bond acceptors (Lipinski definition) is 2. The van der Waals surface area contributed by atoms with E-state index in [1.807, 2.05) is 0 Å². The maximum Gasteiger partial charge on any atom is 0.335 e. The first kappa shape index (κ1) is 16.5. The van der Waals surface area contributed by atoms with Crippen LogP contribution < -0.4 is 5.32 Å². The quantitative estimate of drug-likeness (QED) is 0.812. The van der Waals surface area contributed by atoms with Crippen LogP contribution in [0, 0.1) is 11.3 Å². The first-order chi connectivity index (χ1) is 10.4. The van der Waals surface area contributed by atoms with Crippen LogP contribution in [0.3, 0.4) is 0 Å². The number of carboxylic acids is 1. The summed E-state index contributed by atoms with van der Waals surface area (Å²) in [6.07, 6.45) is 5.03. The predicted octanol–water partition coefficient (Wildman–Crippen LogP) is 3.26. The van der Waals surface area contributed by atoms with Crippen LogP contribution in [0.2, 0.25) is 0 Å². The van der Waals surface area contributed by atoms with Crippen molar-refractivity contribution in [2.45, 2.75) is 46.0 Å². The third-order valence-corrected chi connectivity index (χ3v) is 4.45. The molecule has 1 aromatic carbocycles. The molecule has 4 heteroatoms.